The second-order valence-electron chi connectivity index (χ2n) is 4.04. The molecule has 2 atom stereocenters. The summed E-state index contributed by atoms with van der Waals surface area (Å²) in [5.74, 6) is 0.382. The van der Waals surface area contributed by atoms with E-state index in [9.17, 15) is 18.5 Å². The van der Waals surface area contributed by atoms with Crippen molar-refractivity contribution in [3.63, 3.8) is 0 Å². The molecule has 0 bridgehead atoms. The third-order valence-corrected chi connectivity index (χ3v) is 6.75. The van der Waals surface area contributed by atoms with Crippen LogP contribution in [0.4, 0.5) is 5.00 Å². The van der Waals surface area contributed by atoms with Gasteiger partial charge in [-0.05, 0) is 17.9 Å². The summed E-state index contributed by atoms with van der Waals surface area (Å²) in [4.78, 5) is 10.0. The predicted molar refractivity (Wildman–Crippen MR) is 69.4 cm³/mol. The van der Waals surface area contributed by atoms with Crippen LogP contribution in [0.2, 0.25) is 0 Å². The molecule has 1 aliphatic heterocycles. The monoisotopic (exact) mass is 339 g/mol. The van der Waals surface area contributed by atoms with Crippen LogP contribution in [-0.4, -0.2) is 24.8 Å². The average Bonchev–Trinajstić information content (AvgIpc) is 2.83. The second kappa shape index (κ2) is 4.66. The number of hydrogen-bond acceptors (Lipinski definition) is 5. The molecular weight excluding hydrogens is 330 g/mol. The smallest absolute Gasteiger partial charge is 0.258 e. The molecule has 1 fully saturated rings. The van der Waals surface area contributed by atoms with Crippen LogP contribution >= 0.6 is 27.3 Å². The lowest BCUT2D eigenvalue weighted by Crippen LogP contribution is -2.09. The molecule has 17 heavy (non-hydrogen) atoms. The van der Waals surface area contributed by atoms with Crippen molar-refractivity contribution in [1.82, 2.24) is 0 Å². The van der Waals surface area contributed by atoms with Gasteiger partial charge in [-0.15, -0.1) is 0 Å². The van der Waals surface area contributed by atoms with E-state index in [2.05, 4.69) is 15.9 Å². The van der Waals surface area contributed by atoms with Gasteiger partial charge >= 0.3 is 5.00 Å². The minimum Gasteiger partial charge on any atom is -0.258 e. The van der Waals surface area contributed by atoms with Crippen LogP contribution in [0.15, 0.2) is 11.4 Å². The normalized spacial score (nSPS) is 24.6. The standard InChI is InChI=1S/C9H10BrNO4S2/c10-9(6-1-2-17(14,15)5-6)7-3-8(11(12)13)16-4-7/h3-4,6,9H,1-2,5H2. The zero-order chi connectivity index (χ0) is 12.6. The quantitative estimate of drug-likeness (QED) is 0.481. The molecule has 2 heterocycles. The van der Waals surface area contributed by atoms with E-state index in [0.717, 1.165) is 16.9 Å². The Kier molecular flexibility index (Phi) is 3.55. The molecule has 1 saturated heterocycles. The number of nitro groups is 1. The average molecular weight is 340 g/mol. The van der Waals surface area contributed by atoms with E-state index < -0.39 is 14.8 Å². The van der Waals surface area contributed by atoms with Crippen LogP contribution < -0.4 is 0 Å². The Morgan fingerprint density at radius 3 is 2.76 bits per heavy atom. The van der Waals surface area contributed by atoms with Gasteiger partial charge in [0.1, 0.15) is 0 Å². The van der Waals surface area contributed by atoms with E-state index in [-0.39, 0.29) is 27.3 Å². The first-order chi connectivity index (χ1) is 7.89. The van der Waals surface area contributed by atoms with Crippen LogP contribution in [0.3, 0.4) is 0 Å². The molecule has 0 saturated carbocycles. The Hall–Kier alpha value is -0.470. The highest BCUT2D eigenvalue weighted by Gasteiger charge is 2.34. The first-order valence-electron chi connectivity index (χ1n) is 4.96. The molecule has 0 spiro atoms. The Bertz CT molecular complexity index is 539. The minimum atomic E-state index is -2.92. The zero-order valence-corrected chi connectivity index (χ0v) is 11.9. The third kappa shape index (κ3) is 2.86. The van der Waals surface area contributed by atoms with E-state index >= 15 is 0 Å². The molecule has 1 aromatic rings. The summed E-state index contributed by atoms with van der Waals surface area (Å²) in [6, 6.07) is 1.51. The SMILES string of the molecule is O=[N+]([O-])c1cc(C(Br)C2CCS(=O)(=O)C2)cs1. The van der Waals surface area contributed by atoms with Crippen LogP contribution in [0.5, 0.6) is 0 Å². The molecule has 0 radical (unpaired) electrons. The van der Waals surface area contributed by atoms with Gasteiger partial charge in [-0.3, -0.25) is 10.1 Å². The van der Waals surface area contributed by atoms with Crippen LogP contribution in [0.1, 0.15) is 16.8 Å². The second-order valence-corrected chi connectivity index (χ2v) is 8.15. The van der Waals surface area contributed by atoms with E-state index in [1.165, 1.54) is 6.07 Å². The van der Waals surface area contributed by atoms with Crippen LogP contribution in [0.25, 0.3) is 0 Å². The fourth-order valence-corrected chi connectivity index (χ4v) is 5.65. The van der Waals surface area contributed by atoms with Gasteiger partial charge in [-0.25, -0.2) is 8.42 Å². The van der Waals surface area contributed by atoms with Crippen molar-refractivity contribution in [2.45, 2.75) is 11.2 Å². The highest BCUT2D eigenvalue weighted by atomic mass is 79.9. The van der Waals surface area contributed by atoms with E-state index in [4.69, 9.17) is 0 Å². The van der Waals surface area contributed by atoms with E-state index in [1.54, 1.807) is 5.38 Å². The summed E-state index contributed by atoms with van der Waals surface area (Å²) in [6.45, 7) is 0. The van der Waals surface area contributed by atoms with Crippen LogP contribution in [0, 0.1) is 16.0 Å². The van der Waals surface area contributed by atoms with Gasteiger partial charge in [0, 0.05) is 16.3 Å². The number of thiophene rings is 1. The number of rotatable bonds is 3. The summed E-state index contributed by atoms with van der Waals surface area (Å²) < 4.78 is 22.7. The minimum absolute atomic E-state index is 0.00852. The van der Waals surface area contributed by atoms with Crippen molar-refractivity contribution in [1.29, 1.82) is 0 Å². The van der Waals surface area contributed by atoms with Gasteiger partial charge in [-0.1, -0.05) is 27.3 Å². The lowest BCUT2D eigenvalue weighted by atomic mass is 10.0. The van der Waals surface area contributed by atoms with Crippen molar-refractivity contribution in [2.75, 3.05) is 11.5 Å². The van der Waals surface area contributed by atoms with Crippen molar-refractivity contribution in [2.24, 2.45) is 5.92 Å². The maximum absolute atomic E-state index is 11.4. The lowest BCUT2D eigenvalue weighted by Gasteiger charge is -2.13. The molecule has 1 aromatic heterocycles. The summed E-state index contributed by atoms with van der Waals surface area (Å²) in [6.07, 6.45) is 0.613. The van der Waals surface area contributed by atoms with Gasteiger partial charge < -0.3 is 0 Å². The summed E-state index contributed by atoms with van der Waals surface area (Å²) in [7, 11) is -2.92. The molecule has 8 heteroatoms. The molecule has 5 nitrogen and oxygen atoms in total. The number of sulfone groups is 1. The fraction of sp³-hybridized carbons (Fsp3) is 0.556. The summed E-state index contributed by atoms with van der Waals surface area (Å²) in [5.41, 5.74) is 0.795. The lowest BCUT2D eigenvalue weighted by molar-refractivity contribution is -0.380. The number of hydrogen-bond donors (Lipinski definition) is 0. The topological polar surface area (TPSA) is 77.3 Å². The first-order valence-corrected chi connectivity index (χ1v) is 8.58. The highest BCUT2D eigenvalue weighted by Crippen LogP contribution is 2.40. The number of nitrogens with zero attached hydrogens (tertiary/aromatic N) is 1. The van der Waals surface area contributed by atoms with Crippen molar-refractivity contribution >= 4 is 42.1 Å². The Morgan fingerprint density at radius 2 is 2.29 bits per heavy atom. The molecule has 2 unspecified atom stereocenters. The van der Waals surface area contributed by atoms with Crippen molar-refractivity contribution < 1.29 is 13.3 Å². The van der Waals surface area contributed by atoms with E-state index in [0.29, 0.717) is 6.42 Å². The molecule has 2 rings (SSSR count). The molecule has 0 aliphatic carbocycles. The summed E-state index contributed by atoms with van der Waals surface area (Å²) in [5, 5.41) is 12.4. The number of halogens is 1. The van der Waals surface area contributed by atoms with E-state index in [1.807, 2.05) is 0 Å². The molecule has 0 aromatic carbocycles. The first kappa shape index (κ1) is 13.0. The Labute approximate surface area is 111 Å². The van der Waals surface area contributed by atoms with Gasteiger partial charge in [0.05, 0.1) is 16.4 Å². The molecule has 0 amide bonds. The van der Waals surface area contributed by atoms with Crippen LogP contribution in [-0.2, 0) is 9.84 Å². The molecular formula is C9H10BrNO4S2. The Morgan fingerprint density at radius 1 is 1.59 bits per heavy atom. The maximum atomic E-state index is 11.4. The van der Waals surface area contributed by atoms with Gasteiger partial charge in [0.25, 0.3) is 0 Å². The van der Waals surface area contributed by atoms with Gasteiger partial charge in [0.15, 0.2) is 9.84 Å². The number of alkyl halides is 1. The zero-order valence-electron chi connectivity index (χ0n) is 8.71. The van der Waals surface area contributed by atoms with Gasteiger partial charge in [0.2, 0.25) is 0 Å². The third-order valence-electron chi connectivity index (χ3n) is 2.79. The highest BCUT2D eigenvalue weighted by molar-refractivity contribution is 9.09. The maximum Gasteiger partial charge on any atom is 0.324 e. The summed E-state index contributed by atoms with van der Waals surface area (Å²) >= 11 is 4.51. The van der Waals surface area contributed by atoms with Crippen molar-refractivity contribution in [3.05, 3.63) is 27.1 Å². The predicted octanol–water partition coefficient (Wildman–Crippen LogP) is 2.53. The fourth-order valence-electron chi connectivity index (χ4n) is 1.91. The van der Waals surface area contributed by atoms with Gasteiger partial charge in [-0.2, -0.15) is 0 Å². The Balaban J connectivity index is 2.14. The van der Waals surface area contributed by atoms with Crippen molar-refractivity contribution in [3.8, 4) is 0 Å². The molecule has 94 valence electrons. The molecule has 1 aliphatic rings. The largest absolute Gasteiger partial charge is 0.324 e. The molecule has 0 N–H and O–H groups in total.